The Bertz CT molecular complexity index is 621. The van der Waals surface area contributed by atoms with Gasteiger partial charge in [-0.25, -0.2) is 4.79 Å². The number of benzene rings is 1. The average molecular weight is 346 g/mol. The largest absolute Gasteiger partial charge is 0.481 e. The van der Waals surface area contributed by atoms with Crippen LogP contribution in [0.5, 0.6) is 0 Å². The Morgan fingerprint density at radius 3 is 2.72 bits per heavy atom. The number of ether oxygens (including phenoxy) is 1. The quantitative estimate of drug-likeness (QED) is 0.910. The van der Waals surface area contributed by atoms with E-state index in [0.717, 1.165) is 37.9 Å². The van der Waals surface area contributed by atoms with Gasteiger partial charge in [0.1, 0.15) is 6.61 Å². The molecule has 2 unspecified atom stereocenters. The van der Waals surface area contributed by atoms with E-state index in [1.807, 2.05) is 30.3 Å². The first kappa shape index (κ1) is 17.7. The Kier molecular flexibility index (Phi) is 5.27. The fraction of sp³-hybridized carbons (Fsp3) is 0.579. The summed E-state index contributed by atoms with van der Waals surface area (Å²) in [5, 5.41) is 9.70. The lowest BCUT2D eigenvalue weighted by atomic mass is 9.72. The molecule has 2 heterocycles. The number of aliphatic carboxylic acids is 1. The van der Waals surface area contributed by atoms with Crippen molar-refractivity contribution in [2.45, 2.75) is 25.9 Å². The molecule has 1 spiro atoms. The second-order valence-corrected chi connectivity index (χ2v) is 7.33. The van der Waals surface area contributed by atoms with Crippen molar-refractivity contribution >= 4 is 12.1 Å². The minimum atomic E-state index is -0.803. The van der Waals surface area contributed by atoms with Gasteiger partial charge in [0, 0.05) is 18.5 Å². The highest BCUT2D eigenvalue weighted by Gasteiger charge is 2.51. The molecule has 1 aromatic carbocycles. The summed E-state index contributed by atoms with van der Waals surface area (Å²) in [6, 6.07) is 9.52. The van der Waals surface area contributed by atoms with Crippen LogP contribution in [0.25, 0.3) is 0 Å². The van der Waals surface area contributed by atoms with Crippen LogP contribution in [0.4, 0.5) is 4.79 Å². The summed E-state index contributed by atoms with van der Waals surface area (Å²) in [4.78, 5) is 28.1. The number of carboxylic acids is 1. The maximum absolute atomic E-state index is 12.5. The molecule has 136 valence electrons. The highest BCUT2D eigenvalue weighted by molar-refractivity contribution is 5.75. The van der Waals surface area contributed by atoms with Gasteiger partial charge in [-0.3, -0.25) is 4.79 Å². The normalized spacial score (nSPS) is 27.2. The first-order chi connectivity index (χ1) is 12.0. The van der Waals surface area contributed by atoms with Crippen LogP contribution >= 0.6 is 0 Å². The number of carbonyl (C=O) groups is 2. The van der Waals surface area contributed by atoms with Crippen molar-refractivity contribution in [3.05, 3.63) is 35.9 Å². The molecule has 3 rings (SSSR count). The van der Waals surface area contributed by atoms with E-state index in [-0.39, 0.29) is 18.6 Å². The van der Waals surface area contributed by atoms with E-state index in [1.165, 1.54) is 0 Å². The van der Waals surface area contributed by atoms with Crippen LogP contribution in [0.2, 0.25) is 0 Å². The van der Waals surface area contributed by atoms with Crippen LogP contribution in [-0.4, -0.2) is 60.2 Å². The third-order valence-corrected chi connectivity index (χ3v) is 5.62. The van der Waals surface area contributed by atoms with Gasteiger partial charge in [-0.1, -0.05) is 30.3 Å². The van der Waals surface area contributed by atoms with Gasteiger partial charge in [-0.05, 0) is 45.0 Å². The van der Waals surface area contributed by atoms with Gasteiger partial charge in [0.05, 0.1) is 5.92 Å². The van der Waals surface area contributed by atoms with Crippen LogP contribution in [0, 0.1) is 11.3 Å². The van der Waals surface area contributed by atoms with Crippen molar-refractivity contribution in [2.75, 3.05) is 33.2 Å². The fourth-order valence-electron chi connectivity index (χ4n) is 4.12. The maximum atomic E-state index is 12.5. The number of hydrogen-bond donors (Lipinski definition) is 1. The summed E-state index contributed by atoms with van der Waals surface area (Å²) in [7, 11) is 2.07. The molecule has 1 aromatic rings. The first-order valence-electron chi connectivity index (χ1n) is 8.87. The Hall–Kier alpha value is -2.08. The molecule has 0 saturated carbocycles. The number of amides is 1. The highest BCUT2D eigenvalue weighted by Crippen LogP contribution is 2.44. The van der Waals surface area contributed by atoms with Gasteiger partial charge in [-0.2, -0.15) is 0 Å². The zero-order valence-corrected chi connectivity index (χ0v) is 14.7. The first-order valence-corrected chi connectivity index (χ1v) is 8.87. The molecule has 2 atom stereocenters. The Morgan fingerprint density at radius 1 is 1.24 bits per heavy atom. The van der Waals surface area contributed by atoms with Crippen molar-refractivity contribution < 1.29 is 19.4 Å². The standard InChI is InChI=1S/C19H26N2O4/c1-20-10-5-8-19(9-11-20)14-21(12-16(19)17(22)23)18(24)25-13-15-6-3-2-4-7-15/h2-4,6-7,16H,5,8-14H2,1H3,(H,22,23). The summed E-state index contributed by atoms with van der Waals surface area (Å²) >= 11 is 0. The molecule has 1 N–H and O–H groups in total. The van der Waals surface area contributed by atoms with Gasteiger partial charge in [0.15, 0.2) is 0 Å². The summed E-state index contributed by atoms with van der Waals surface area (Å²) in [5.74, 6) is -1.31. The molecule has 25 heavy (non-hydrogen) atoms. The Balaban J connectivity index is 1.67. The third-order valence-electron chi connectivity index (χ3n) is 5.62. The van der Waals surface area contributed by atoms with Crippen molar-refractivity contribution in [3.8, 4) is 0 Å². The number of likely N-dealkylation sites (tertiary alicyclic amines) is 2. The van der Waals surface area contributed by atoms with Crippen molar-refractivity contribution in [3.63, 3.8) is 0 Å². The minimum Gasteiger partial charge on any atom is -0.481 e. The number of nitrogens with zero attached hydrogens (tertiary/aromatic N) is 2. The van der Waals surface area contributed by atoms with E-state index in [0.29, 0.717) is 6.54 Å². The highest BCUT2D eigenvalue weighted by atomic mass is 16.6. The predicted octanol–water partition coefficient (Wildman–Crippen LogP) is 2.44. The lowest BCUT2D eigenvalue weighted by Crippen LogP contribution is -2.36. The molecule has 0 aliphatic carbocycles. The van der Waals surface area contributed by atoms with Crippen LogP contribution in [0.3, 0.4) is 0 Å². The lowest BCUT2D eigenvalue weighted by Gasteiger charge is -2.31. The van der Waals surface area contributed by atoms with Gasteiger partial charge in [0.2, 0.25) is 0 Å². The molecule has 6 nitrogen and oxygen atoms in total. The zero-order valence-electron chi connectivity index (χ0n) is 14.7. The molecule has 2 aliphatic rings. The third kappa shape index (κ3) is 3.95. The Morgan fingerprint density at radius 2 is 2.00 bits per heavy atom. The van der Waals surface area contributed by atoms with Gasteiger partial charge in [0.25, 0.3) is 0 Å². The summed E-state index contributed by atoms with van der Waals surface area (Å²) in [5.41, 5.74) is 0.596. The SMILES string of the molecule is CN1CCCC2(CC1)CN(C(=O)OCc1ccccc1)CC2C(=O)O. The zero-order chi connectivity index (χ0) is 17.9. The van der Waals surface area contributed by atoms with Crippen molar-refractivity contribution in [2.24, 2.45) is 11.3 Å². The average Bonchev–Trinajstić information content (AvgIpc) is 2.89. The fourth-order valence-corrected chi connectivity index (χ4v) is 4.12. The van der Waals surface area contributed by atoms with Crippen LogP contribution in [0.1, 0.15) is 24.8 Å². The van der Waals surface area contributed by atoms with Crippen LogP contribution < -0.4 is 0 Å². The second-order valence-electron chi connectivity index (χ2n) is 7.33. The molecule has 2 aliphatic heterocycles. The summed E-state index contributed by atoms with van der Waals surface area (Å²) in [6.45, 7) is 2.78. The maximum Gasteiger partial charge on any atom is 0.410 e. The smallest absolute Gasteiger partial charge is 0.410 e. The Labute approximate surface area is 148 Å². The van der Waals surface area contributed by atoms with Gasteiger partial charge in [-0.15, -0.1) is 0 Å². The molecule has 6 heteroatoms. The van der Waals surface area contributed by atoms with Crippen LogP contribution in [0.15, 0.2) is 30.3 Å². The van der Waals surface area contributed by atoms with Gasteiger partial charge >= 0.3 is 12.1 Å². The number of carboxylic acid groups (broad SMARTS) is 1. The number of hydrogen-bond acceptors (Lipinski definition) is 4. The lowest BCUT2D eigenvalue weighted by molar-refractivity contribution is -0.145. The monoisotopic (exact) mass is 346 g/mol. The minimum absolute atomic E-state index is 0.212. The predicted molar refractivity (Wildman–Crippen MR) is 93.1 cm³/mol. The van der Waals surface area contributed by atoms with Crippen molar-refractivity contribution in [1.82, 2.24) is 9.80 Å². The van der Waals surface area contributed by atoms with E-state index in [1.54, 1.807) is 4.90 Å². The molecule has 0 radical (unpaired) electrons. The molecule has 0 bridgehead atoms. The van der Waals surface area contributed by atoms with E-state index in [4.69, 9.17) is 4.74 Å². The topological polar surface area (TPSA) is 70.1 Å². The molecule has 2 fully saturated rings. The summed E-state index contributed by atoms with van der Waals surface area (Å²) in [6.07, 6.45) is 2.21. The van der Waals surface area contributed by atoms with E-state index < -0.39 is 18.0 Å². The molecular formula is C19H26N2O4. The number of carbonyl (C=O) groups excluding carboxylic acids is 1. The molecule has 1 amide bonds. The van der Waals surface area contributed by atoms with Crippen LogP contribution in [-0.2, 0) is 16.1 Å². The second kappa shape index (κ2) is 7.44. The molecular weight excluding hydrogens is 320 g/mol. The molecule has 0 aromatic heterocycles. The van der Waals surface area contributed by atoms with E-state index in [2.05, 4.69) is 11.9 Å². The van der Waals surface area contributed by atoms with Gasteiger partial charge < -0.3 is 19.6 Å². The molecule has 2 saturated heterocycles. The summed E-state index contributed by atoms with van der Waals surface area (Å²) < 4.78 is 5.41. The van der Waals surface area contributed by atoms with E-state index >= 15 is 0 Å². The number of rotatable bonds is 3. The van der Waals surface area contributed by atoms with Crippen molar-refractivity contribution in [1.29, 1.82) is 0 Å². The van der Waals surface area contributed by atoms with E-state index in [9.17, 15) is 14.7 Å².